The van der Waals surface area contributed by atoms with Crippen LogP contribution in [0.1, 0.15) is 50.5 Å². The van der Waals surface area contributed by atoms with Crippen LogP contribution in [0.3, 0.4) is 0 Å². The van der Waals surface area contributed by atoms with Gasteiger partial charge < -0.3 is 10.1 Å². The summed E-state index contributed by atoms with van der Waals surface area (Å²) in [6, 6.07) is 10.4. The molecule has 1 fully saturated rings. The minimum Gasteiger partial charge on any atom is -0.378 e. The van der Waals surface area contributed by atoms with E-state index in [2.05, 4.69) is 36.5 Å². The fourth-order valence-electron chi connectivity index (χ4n) is 2.63. The molecule has 0 aliphatic carbocycles. The number of rotatable bonds is 7. The van der Waals surface area contributed by atoms with E-state index in [4.69, 9.17) is 4.74 Å². The molecule has 110 valence electrons. The SMILES string of the molecule is C[C@@H](CCNC(=O)CC[C@@H]1CCCO1)c1ccccc1. The molecular formula is C17H25NO2. The quantitative estimate of drug-likeness (QED) is 0.829. The first-order valence-corrected chi connectivity index (χ1v) is 7.69. The Morgan fingerprint density at radius 3 is 2.90 bits per heavy atom. The summed E-state index contributed by atoms with van der Waals surface area (Å²) in [6.07, 6.45) is 4.99. The minimum atomic E-state index is 0.153. The molecule has 3 heteroatoms. The molecule has 0 saturated carbocycles. The number of benzene rings is 1. The second-order valence-corrected chi connectivity index (χ2v) is 5.62. The summed E-state index contributed by atoms with van der Waals surface area (Å²) in [7, 11) is 0. The predicted molar refractivity (Wildman–Crippen MR) is 80.7 cm³/mol. The third-order valence-electron chi connectivity index (χ3n) is 3.99. The molecule has 1 N–H and O–H groups in total. The van der Waals surface area contributed by atoms with Crippen LogP contribution in [0.15, 0.2) is 30.3 Å². The maximum atomic E-state index is 11.8. The number of ether oxygens (including phenoxy) is 1. The standard InChI is InChI=1S/C17H25NO2/c1-14(15-6-3-2-4-7-15)11-12-18-17(19)10-9-16-8-5-13-20-16/h2-4,6-7,14,16H,5,8-13H2,1H3,(H,18,19)/t14-,16-/m0/s1. The lowest BCUT2D eigenvalue weighted by atomic mass is 9.98. The third kappa shape index (κ3) is 4.97. The second kappa shape index (κ2) is 8.05. The topological polar surface area (TPSA) is 38.3 Å². The van der Waals surface area contributed by atoms with Gasteiger partial charge in [0.1, 0.15) is 0 Å². The van der Waals surface area contributed by atoms with Crippen molar-refractivity contribution in [2.24, 2.45) is 0 Å². The molecular weight excluding hydrogens is 250 g/mol. The summed E-state index contributed by atoms with van der Waals surface area (Å²) in [5.41, 5.74) is 1.33. The highest BCUT2D eigenvalue weighted by Crippen LogP contribution is 2.18. The van der Waals surface area contributed by atoms with Gasteiger partial charge in [-0.2, -0.15) is 0 Å². The Labute approximate surface area is 121 Å². The van der Waals surface area contributed by atoms with Gasteiger partial charge in [0.05, 0.1) is 6.10 Å². The molecule has 20 heavy (non-hydrogen) atoms. The summed E-state index contributed by atoms with van der Waals surface area (Å²) < 4.78 is 5.52. The molecule has 1 aromatic carbocycles. The van der Waals surface area contributed by atoms with Gasteiger partial charge >= 0.3 is 0 Å². The Morgan fingerprint density at radius 1 is 1.40 bits per heavy atom. The first-order valence-electron chi connectivity index (χ1n) is 7.69. The van der Waals surface area contributed by atoms with Crippen molar-refractivity contribution >= 4 is 5.91 Å². The molecule has 1 heterocycles. The fraction of sp³-hybridized carbons (Fsp3) is 0.588. The Kier molecular flexibility index (Phi) is 6.06. The highest BCUT2D eigenvalue weighted by Gasteiger charge is 2.16. The van der Waals surface area contributed by atoms with Crippen LogP contribution in [0.4, 0.5) is 0 Å². The van der Waals surface area contributed by atoms with E-state index < -0.39 is 0 Å². The number of carbonyl (C=O) groups is 1. The summed E-state index contributed by atoms with van der Waals surface area (Å²) in [6.45, 7) is 3.81. The Morgan fingerprint density at radius 2 is 2.20 bits per heavy atom. The van der Waals surface area contributed by atoms with Gasteiger partial charge in [0.25, 0.3) is 0 Å². The molecule has 1 amide bonds. The Hall–Kier alpha value is -1.35. The van der Waals surface area contributed by atoms with E-state index in [1.807, 2.05) is 6.07 Å². The van der Waals surface area contributed by atoms with E-state index in [1.165, 1.54) is 5.56 Å². The van der Waals surface area contributed by atoms with Crippen molar-refractivity contribution in [3.8, 4) is 0 Å². The lowest BCUT2D eigenvalue weighted by Crippen LogP contribution is -2.26. The van der Waals surface area contributed by atoms with Gasteiger partial charge in [-0.05, 0) is 37.2 Å². The first kappa shape index (κ1) is 15.0. The van der Waals surface area contributed by atoms with Crippen molar-refractivity contribution < 1.29 is 9.53 Å². The Bertz CT molecular complexity index is 399. The smallest absolute Gasteiger partial charge is 0.220 e. The molecule has 0 spiro atoms. The zero-order valence-corrected chi connectivity index (χ0v) is 12.3. The van der Waals surface area contributed by atoms with Crippen molar-refractivity contribution in [2.45, 2.75) is 51.0 Å². The Balaban J connectivity index is 1.59. The van der Waals surface area contributed by atoms with Gasteiger partial charge in [0.15, 0.2) is 0 Å². The van der Waals surface area contributed by atoms with Crippen molar-refractivity contribution in [1.82, 2.24) is 5.32 Å². The summed E-state index contributed by atoms with van der Waals surface area (Å²) in [5, 5.41) is 3.01. The predicted octanol–water partition coefficient (Wildman–Crippen LogP) is 3.26. The van der Waals surface area contributed by atoms with Crippen LogP contribution in [-0.4, -0.2) is 25.2 Å². The van der Waals surface area contributed by atoms with Crippen LogP contribution in [0.25, 0.3) is 0 Å². The maximum Gasteiger partial charge on any atom is 0.220 e. The van der Waals surface area contributed by atoms with Crippen LogP contribution in [-0.2, 0) is 9.53 Å². The van der Waals surface area contributed by atoms with Crippen LogP contribution in [0, 0.1) is 0 Å². The average Bonchev–Trinajstić information content (AvgIpc) is 2.99. The molecule has 2 rings (SSSR count). The summed E-state index contributed by atoms with van der Waals surface area (Å²) >= 11 is 0. The summed E-state index contributed by atoms with van der Waals surface area (Å²) in [5.74, 6) is 0.635. The van der Waals surface area contributed by atoms with E-state index in [-0.39, 0.29) is 5.91 Å². The molecule has 3 nitrogen and oxygen atoms in total. The molecule has 1 saturated heterocycles. The summed E-state index contributed by atoms with van der Waals surface area (Å²) in [4.78, 5) is 11.8. The molecule has 0 bridgehead atoms. The van der Waals surface area contributed by atoms with E-state index in [9.17, 15) is 4.79 Å². The molecule has 0 radical (unpaired) electrons. The van der Waals surface area contributed by atoms with Crippen molar-refractivity contribution in [3.05, 3.63) is 35.9 Å². The number of hydrogen-bond donors (Lipinski definition) is 1. The largest absolute Gasteiger partial charge is 0.378 e. The lowest BCUT2D eigenvalue weighted by molar-refractivity contribution is -0.121. The lowest BCUT2D eigenvalue weighted by Gasteiger charge is -2.13. The number of hydrogen-bond acceptors (Lipinski definition) is 2. The highest BCUT2D eigenvalue weighted by molar-refractivity contribution is 5.75. The zero-order valence-electron chi connectivity index (χ0n) is 12.3. The minimum absolute atomic E-state index is 0.153. The van der Waals surface area contributed by atoms with E-state index >= 15 is 0 Å². The van der Waals surface area contributed by atoms with Gasteiger partial charge in [0.2, 0.25) is 5.91 Å². The maximum absolute atomic E-state index is 11.8. The number of carbonyl (C=O) groups excluding carboxylic acids is 1. The van der Waals surface area contributed by atoms with Crippen LogP contribution < -0.4 is 5.32 Å². The molecule has 0 unspecified atom stereocenters. The molecule has 1 aromatic rings. The van der Waals surface area contributed by atoms with Gasteiger partial charge in [0, 0.05) is 19.6 Å². The van der Waals surface area contributed by atoms with Crippen molar-refractivity contribution in [1.29, 1.82) is 0 Å². The molecule has 1 aliphatic rings. The van der Waals surface area contributed by atoms with Crippen LogP contribution in [0.5, 0.6) is 0 Å². The molecule has 2 atom stereocenters. The van der Waals surface area contributed by atoms with Gasteiger partial charge in [-0.15, -0.1) is 0 Å². The van der Waals surface area contributed by atoms with E-state index in [1.54, 1.807) is 0 Å². The van der Waals surface area contributed by atoms with E-state index in [0.717, 1.165) is 38.8 Å². The van der Waals surface area contributed by atoms with Crippen LogP contribution in [0.2, 0.25) is 0 Å². The second-order valence-electron chi connectivity index (χ2n) is 5.62. The number of nitrogens with one attached hydrogen (secondary N) is 1. The van der Waals surface area contributed by atoms with Gasteiger partial charge in [-0.25, -0.2) is 0 Å². The van der Waals surface area contributed by atoms with E-state index in [0.29, 0.717) is 18.4 Å². The van der Waals surface area contributed by atoms with Crippen molar-refractivity contribution in [2.75, 3.05) is 13.2 Å². The fourth-order valence-corrected chi connectivity index (χ4v) is 2.63. The third-order valence-corrected chi connectivity index (χ3v) is 3.99. The normalized spacial score (nSPS) is 19.8. The monoisotopic (exact) mass is 275 g/mol. The van der Waals surface area contributed by atoms with Crippen molar-refractivity contribution in [3.63, 3.8) is 0 Å². The zero-order chi connectivity index (χ0) is 14.2. The number of amides is 1. The average molecular weight is 275 g/mol. The molecule has 0 aromatic heterocycles. The van der Waals surface area contributed by atoms with Crippen LogP contribution >= 0.6 is 0 Å². The first-order chi connectivity index (χ1) is 9.75. The highest BCUT2D eigenvalue weighted by atomic mass is 16.5. The van der Waals surface area contributed by atoms with Gasteiger partial charge in [-0.1, -0.05) is 37.3 Å². The van der Waals surface area contributed by atoms with Gasteiger partial charge in [-0.3, -0.25) is 4.79 Å². The molecule has 1 aliphatic heterocycles.